The highest BCUT2D eigenvalue weighted by molar-refractivity contribution is 7.89. The second kappa shape index (κ2) is 8.46. The molecule has 2 rings (SSSR count). The maximum absolute atomic E-state index is 12.3. The Balaban J connectivity index is 1.87. The third-order valence-electron chi connectivity index (χ3n) is 4.02. The van der Waals surface area contributed by atoms with E-state index in [1.54, 1.807) is 0 Å². The Morgan fingerprint density at radius 3 is 2.58 bits per heavy atom. The molecule has 0 aromatic heterocycles. The Morgan fingerprint density at radius 2 is 1.96 bits per heavy atom. The molecule has 0 radical (unpaired) electrons. The second-order valence-electron chi connectivity index (χ2n) is 5.97. The van der Waals surface area contributed by atoms with Crippen LogP contribution in [0.5, 0.6) is 0 Å². The minimum absolute atomic E-state index is 0.395. The van der Waals surface area contributed by atoms with Crippen molar-refractivity contribution in [3.63, 3.8) is 0 Å². The molecule has 7 nitrogen and oxygen atoms in total. The van der Waals surface area contributed by atoms with E-state index in [9.17, 15) is 13.2 Å². The first-order valence-electron chi connectivity index (χ1n) is 8.18. The summed E-state index contributed by atoms with van der Waals surface area (Å²) < 4.78 is 26.1. The van der Waals surface area contributed by atoms with E-state index in [2.05, 4.69) is 16.3 Å². The van der Waals surface area contributed by atoms with Gasteiger partial charge in [-0.3, -0.25) is 4.79 Å². The highest BCUT2D eigenvalue weighted by Crippen LogP contribution is 2.18. The van der Waals surface area contributed by atoms with Crippen LogP contribution >= 0.6 is 0 Å². The third-order valence-corrected chi connectivity index (χ3v) is 5.79. The Labute approximate surface area is 143 Å². The Hall–Kier alpha value is -1.64. The number of carbonyl (C=O) groups is 1. The molecule has 1 aromatic carbocycles. The van der Waals surface area contributed by atoms with Gasteiger partial charge in [0, 0.05) is 38.4 Å². The van der Waals surface area contributed by atoms with Crippen molar-refractivity contribution in [2.45, 2.75) is 13.3 Å². The smallest absolute Gasteiger partial charge is 0.236 e. The first-order valence-corrected chi connectivity index (χ1v) is 9.79. The van der Waals surface area contributed by atoms with Crippen molar-refractivity contribution in [1.29, 1.82) is 0 Å². The number of benzene rings is 1. The maximum atomic E-state index is 12.3. The lowest BCUT2D eigenvalue weighted by Crippen LogP contribution is -2.50. The van der Waals surface area contributed by atoms with Gasteiger partial charge in [0.05, 0.1) is 0 Å². The maximum Gasteiger partial charge on any atom is 0.236 e. The highest BCUT2D eigenvalue weighted by Gasteiger charge is 2.28. The average molecular weight is 354 g/mol. The summed E-state index contributed by atoms with van der Waals surface area (Å²) in [5.41, 5.74) is 7.63. The lowest BCUT2D eigenvalue weighted by molar-refractivity contribution is -0.118. The van der Waals surface area contributed by atoms with Gasteiger partial charge >= 0.3 is 0 Å². The number of aryl methyl sites for hydroxylation is 1. The summed E-state index contributed by atoms with van der Waals surface area (Å²) in [5.74, 6) is -0.966. The van der Waals surface area contributed by atoms with E-state index in [0.717, 1.165) is 5.69 Å². The largest absolute Gasteiger partial charge is 0.369 e. The summed E-state index contributed by atoms with van der Waals surface area (Å²) in [6.07, 6.45) is 0.640. The molecule has 1 amide bonds. The van der Waals surface area contributed by atoms with Crippen molar-refractivity contribution >= 4 is 21.6 Å². The molecular weight excluding hydrogens is 328 g/mol. The molecule has 24 heavy (non-hydrogen) atoms. The Bertz CT molecular complexity index is 655. The number of piperazine rings is 1. The van der Waals surface area contributed by atoms with Gasteiger partial charge in [-0.15, -0.1) is 0 Å². The SMILES string of the molecule is Cc1cccc(N2CCN(S(=O)(=O)CC(=O)NCCCN)CC2)c1. The molecule has 1 heterocycles. The predicted molar refractivity (Wildman–Crippen MR) is 95.4 cm³/mol. The van der Waals surface area contributed by atoms with E-state index in [1.807, 2.05) is 25.1 Å². The van der Waals surface area contributed by atoms with Crippen LogP contribution in [0, 0.1) is 6.92 Å². The average Bonchev–Trinajstić information content (AvgIpc) is 2.55. The number of sulfonamides is 1. The minimum Gasteiger partial charge on any atom is -0.369 e. The molecule has 8 heteroatoms. The van der Waals surface area contributed by atoms with E-state index in [-0.39, 0.29) is 0 Å². The zero-order valence-electron chi connectivity index (χ0n) is 14.1. The number of anilines is 1. The van der Waals surface area contributed by atoms with Crippen molar-refractivity contribution in [3.8, 4) is 0 Å². The number of nitrogens with two attached hydrogens (primary N) is 1. The van der Waals surface area contributed by atoms with Gasteiger partial charge in [0.2, 0.25) is 15.9 Å². The molecule has 1 aromatic rings. The quantitative estimate of drug-likeness (QED) is 0.667. The topological polar surface area (TPSA) is 95.7 Å². The fourth-order valence-corrected chi connectivity index (χ4v) is 4.02. The Morgan fingerprint density at radius 1 is 1.25 bits per heavy atom. The normalized spacial score (nSPS) is 16.2. The van der Waals surface area contributed by atoms with Gasteiger partial charge in [-0.1, -0.05) is 12.1 Å². The summed E-state index contributed by atoms with van der Waals surface area (Å²) in [6.45, 7) is 4.95. The second-order valence-corrected chi connectivity index (χ2v) is 7.94. The lowest BCUT2D eigenvalue weighted by atomic mass is 10.2. The minimum atomic E-state index is -3.57. The molecule has 0 bridgehead atoms. The molecule has 134 valence electrons. The molecule has 0 unspecified atom stereocenters. The van der Waals surface area contributed by atoms with Crippen molar-refractivity contribution in [2.24, 2.45) is 5.73 Å². The number of hydrogen-bond acceptors (Lipinski definition) is 5. The molecular formula is C16H26N4O3S. The van der Waals surface area contributed by atoms with Gasteiger partial charge in [0.1, 0.15) is 5.75 Å². The summed E-state index contributed by atoms with van der Waals surface area (Å²) in [6, 6.07) is 8.16. The van der Waals surface area contributed by atoms with Gasteiger partial charge in [-0.05, 0) is 37.6 Å². The number of hydrogen-bond donors (Lipinski definition) is 2. The zero-order chi connectivity index (χ0) is 17.6. The van der Waals surface area contributed by atoms with Crippen LogP contribution in [0.15, 0.2) is 24.3 Å². The van der Waals surface area contributed by atoms with E-state index in [1.165, 1.54) is 9.87 Å². The van der Waals surface area contributed by atoms with Crippen LogP contribution in [0.2, 0.25) is 0 Å². The molecule has 1 aliphatic rings. The highest BCUT2D eigenvalue weighted by atomic mass is 32.2. The molecule has 0 spiro atoms. The molecule has 0 saturated carbocycles. The molecule has 1 saturated heterocycles. The van der Waals surface area contributed by atoms with Crippen LogP contribution in [-0.4, -0.2) is 63.7 Å². The molecule has 1 aliphatic heterocycles. The van der Waals surface area contributed by atoms with Crippen LogP contribution in [-0.2, 0) is 14.8 Å². The summed E-state index contributed by atoms with van der Waals surface area (Å²) in [7, 11) is -3.57. The van der Waals surface area contributed by atoms with Gasteiger partial charge in [-0.2, -0.15) is 4.31 Å². The lowest BCUT2D eigenvalue weighted by Gasteiger charge is -2.35. The first kappa shape index (κ1) is 18.7. The summed E-state index contributed by atoms with van der Waals surface area (Å²) >= 11 is 0. The molecule has 0 atom stereocenters. The van der Waals surface area contributed by atoms with Crippen LogP contribution in [0.25, 0.3) is 0 Å². The number of amides is 1. The van der Waals surface area contributed by atoms with E-state index >= 15 is 0 Å². The monoisotopic (exact) mass is 354 g/mol. The first-order chi connectivity index (χ1) is 11.4. The molecule has 3 N–H and O–H groups in total. The van der Waals surface area contributed by atoms with Gasteiger partial charge in [0.25, 0.3) is 0 Å². The van der Waals surface area contributed by atoms with Crippen molar-refractivity contribution < 1.29 is 13.2 Å². The Kier molecular flexibility index (Phi) is 6.59. The molecule has 1 fully saturated rings. The number of carbonyl (C=O) groups excluding carboxylic acids is 1. The van der Waals surface area contributed by atoms with E-state index in [4.69, 9.17) is 5.73 Å². The van der Waals surface area contributed by atoms with Crippen LogP contribution in [0.3, 0.4) is 0 Å². The summed E-state index contributed by atoms with van der Waals surface area (Å²) in [5, 5.41) is 2.58. The predicted octanol–water partition coefficient (Wildman–Crippen LogP) is -0.0882. The third kappa shape index (κ3) is 5.19. The van der Waals surface area contributed by atoms with Gasteiger partial charge < -0.3 is 16.0 Å². The number of rotatable bonds is 7. The van der Waals surface area contributed by atoms with Crippen LogP contribution < -0.4 is 16.0 Å². The standard InChI is InChI=1S/C16H26N4O3S/c1-14-4-2-5-15(12-14)19-8-10-20(11-9-19)24(22,23)13-16(21)18-7-3-6-17/h2,4-5,12H,3,6-11,13,17H2,1H3,(H,18,21). The molecule has 0 aliphatic carbocycles. The number of nitrogens with one attached hydrogen (secondary N) is 1. The van der Waals surface area contributed by atoms with Gasteiger partial charge in [0.15, 0.2) is 0 Å². The van der Waals surface area contributed by atoms with Crippen molar-refractivity contribution in [2.75, 3.05) is 49.9 Å². The fraction of sp³-hybridized carbons (Fsp3) is 0.562. The van der Waals surface area contributed by atoms with E-state index in [0.29, 0.717) is 45.7 Å². The van der Waals surface area contributed by atoms with Crippen molar-refractivity contribution in [1.82, 2.24) is 9.62 Å². The summed E-state index contributed by atoms with van der Waals surface area (Å²) in [4.78, 5) is 13.9. The van der Waals surface area contributed by atoms with Crippen molar-refractivity contribution in [3.05, 3.63) is 29.8 Å². The van der Waals surface area contributed by atoms with Gasteiger partial charge in [-0.25, -0.2) is 8.42 Å². The van der Waals surface area contributed by atoms with Crippen LogP contribution in [0.4, 0.5) is 5.69 Å². The van der Waals surface area contributed by atoms with E-state index < -0.39 is 21.7 Å². The number of nitrogens with zero attached hydrogens (tertiary/aromatic N) is 2. The van der Waals surface area contributed by atoms with Crippen LogP contribution in [0.1, 0.15) is 12.0 Å². The zero-order valence-corrected chi connectivity index (χ0v) is 14.9. The fourth-order valence-electron chi connectivity index (χ4n) is 2.69.